The Kier molecular flexibility index (Phi) is 23.2. The number of carbonyl (C=O) groups is 1. The quantitative estimate of drug-likeness (QED) is 0.136. The number of aliphatic hydroxyl groups is 1. The van der Waals surface area contributed by atoms with Crippen LogP contribution in [-0.4, -0.2) is 23.8 Å². The Morgan fingerprint density at radius 3 is 1.59 bits per heavy atom. The Morgan fingerprint density at radius 2 is 1.03 bits per heavy atom. The van der Waals surface area contributed by atoms with Gasteiger partial charge in [0.15, 0.2) is 0 Å². The third-order valence-electron chi connectivity index (χ3n) is 5.82. The smallest absolute Gasteiger partial charge is 0.305 e. The fourth-order valence-electron chi connectivity index (χ4n) is 3.80. The van der Waals surface area contributed by atoms with Crippen molar-refractivity contribution in [2.45, 2.75) is 155 Å². The van der Waals surface area contributed by atoms with Crippen molar-refractivity contribution in [1.29, 1.82) is 0 Å². The van der Waals surface area contributed by atoms with Crippen LogP contribution in [0, 0.1) is 0 Å². The molecular weight excluding hydrogens is 360 g/mol. The summed E-state index contributed by atoms with van der Waals surface area (Å²) in [4.78, 5) is 11.7. The minimum Gasteiger partial charge on any atom is -0.466 e. The number of ether oxygens (including phenoxy) is 1. The van der Waals surface area contributed by atoms with Crippen LogP contribution in [-0.2, 0) is 9.53 Å². The van der Waals surface area contributed by atoms with Crippen molar-refractivity contribution >= 4 is 5.97 Å². The highest BCUT2D eigenvalue weighted by molar-refractivity contribution is 5.69. The van der Waals surface area contributed by atoms with E-state index in [9.17, 15) is 9.90 Å². The van der Waals surface area contributed by atoms with Crippen LogP contribution < -0.4 is 0 Å². The zero-order valence-electron chi connectivity index (χ0n) is 19.9. The molecule has 1 unspecified atom stereocenters. The van der Waals surface area contributed by atoms with Crippen molar-refractivity contribution in [3.05, 3.63) is 0 Å². The summed E-state index contributed by atoms with van der Waals surface area (Å²) in [6, 6.07) is 0. The topological polar surface area (TPSA) is 46.5 Å². The van der Waals surface area contributed by atoms with Crippen molar-refractivity contribution in [2.75, 3.05) is 6.61 Å². The highest BCUT2D eigenvalue weighted by Gasteiger charge is 2.04. The third kappa shape index (κ3) is 23.6. The van der Waals surface area contributed by atoms with Crippen LogP contribution in [0.25, 0.3) is 0 Å². The van der Waals surface area contributed by atoms with Crippen LogP contribution in [0.5, 0.6) is 0 Å². The average molecular weight is 413 g/mol. The summed E-state index contributed by atoms with van der Waals surface area (Å²) in [6.07, 6.45) is 24.5. The molecule has 0 aromatic rings. The van der Waals surface area contributed by atoms with E-state index in [1.165, 1.54) is 96.3 Å². The van der Waals surface area contributed by atoms with E-state index in [-0.39, 0.29) is 12.1 Å². The molecule has 0 heterocycles. The summed E-state index contributed by atoms with van der Waals surface area (Å²) >= 11 is 0. The Balaban J connectivity index is 3.21. The van der Waals surface area contributed by atoms with Gasteiger partial charge in [0.1, 0.15) is 0 Å². The zero-order chi connectivity index (χ0) is 21.4. The Bertz CT molecular complexity index is 330. The maximum atomic E-state index is 11.7. The van der Waals surface area contributed by atoms with Crippen LogP contribution >= 0.6 is 0 Å². The Morgan fingerprint density at radius 1 is 0.621 bits per heavy atom. The SMILES string of the molecule is CCCCCCCCOC(=O)CCCCCCCCCCC(O)CCCCCC. The van der Waals surface area contributed by atoms with Gasteiger partial charge in [-0.15, -0.1) is 0 Å². The number of unbranched alkanes of at least 4 members (excludes halogenated alkanes) is 15. The van der Waals surface area contributed by atoms with E-state index in [0.717, 1.165) is 32.1 Å². The predicted molar refractivity (Wildman–Crippen MR) is 125 cm³/mol. The molecule has 3 heteroatoms. The first-order valence-corrected chi connectivity index (χ1v) is 13.0. The van der Waals surface area contributed by atoms with Gasteiger partial charge in [-0.05, 0) is 25.7 Å². The maximum Gasteiger partial charge on any atom is 0.305 e. The normalized spacial score (nSPS) is 12.2. The van der Waals surface area contributed by atoms with Crippen LogP contribution in [0.4, 0.5) is 0 Å². The van der Waals surface area contributed by atoms with Crippen molar-refractivity contribution in [3.8, 4) is 0 Å². The lowest BCUT2D eigenvalue weighted by Crippen LogP contribution is -2.06. The number of esters is 1. The van der Waals surface area contributed by atoms with E-state index in [4.69, 9.17) is 4.74 Å². The Hall–Kier alpha value is -0.570. The largest absolute Gasteiger partial charge is 0.466 e. The lowest BCUT2D eigenvalue weighted by Gasteiger charge is -2.10. The van der Waals surface area contributed by atoms with Gasteiger partial charge >= 0.3 is 5.97 Å². The lowest BCUT2D eigenvalue weighted by atomic mass is 10.0. The maximum absolute atomic E-state index is 11.7. The molecule has 1 atom stereocenters. The van der Waals surface area contributed by atoms with Gasteiger partial charge in [0.2, 0.25) is 0 Å². The van der Waals surface area contributed by atoms with E-state index in [1.54, 1.807) is 0 Å². The first-order valence-electron chi connectivity index (χ1n) is 13.0. The molecule has 29 heavy (non-hydrogen) atoms. The van der Waals surface area contributed by atoms with Gasteiger partial charge in [0, 0.05) is 6.42 Å². The highest BCUT2D eigenvalue weighted by atomic mass is 16.5. The summed E-state index contributed by atoms with van der Waals surface area (Å²) in [6.45, 7) is 5.06. The molecule has 0 aliphatic heterocycles. The molecule has 0 radical (unpaired) electrons. The highest BCUT2D eigenvalue weighted by Crippen LogP contribution is 2.14. The van der Waals surface area contributed by atoms with Crippen molar-refractivity contribution in [2.24, 2.45) is 0 Å². The van der Waals surface area contributed by atoms with E-state index < -0.39 is 0 Å². The van der Waals surface area contributed by atoms with Crippen molar-refractivity contribution in [1.82, 2.24) is 0 Å². The molecule has 0 amide bonds. The molecule has 1 N–H and O–H groups in total. The second-order valence-corrected chi connectivity index (χ2v) is 8.86. The van der Waals surface area contributed by atoms with E-state index >= 15 is 0 Å². The first kappa shape index (κ1) is 28.4. The molecule has 0 saturated heterocycles. The molecule has 174 valence electrons. The molecule has 0 saturated carbocycles. The van der Waals surface area contributed by atoms with Gasteiger partial charge in [-0.2, -0.15) is 0 Å². The fraction of sp³-hybridized carbons (Fsp3) is 0.962. The summed E-state index contributed by atoms with van der Waals surface area (Å²) < 4.78 is 5.32. The second-order valence-electron chi connectivity index (χ2n) is 8.86. The number of carbonyl (C=O) groups excluding carboxylic acids is 1. The van der Waals surface area contributed by atoms with Crippen LogP contribution in [0.15, 0.2) is 0 Å². The number of aliphatic hydroxyl groups excluding tert-OH is 1. The summed E-state index contributed by atoms with van der Waals surface area (Å²) in [5, 5.41) is 9.97. The molecule has 3 nitrogen and oxygen atoms in total. The number of hydrogen-bond donors (Lipinski definition) is 1. The average Bonchev–Trinajstić information content (AvgIpc) is 2.72. The molecule has 0 aliphatic rings. The predicted octanol–water partition coefficient (Wildman–Crippen LogP) is 8.12. The number of hydrogen-bond acceptors (Lipinski definition) is 3. The van der Waals surface area contributed by atoms with Crippen LogP contribution in [0.3, 0.4) is 0 Å². The van der Waals surface area contributed by atoms with Gasteiger partial charge in [0.25, 0.3) is 0 Å². The number of rotatable bonds is 23. The Labute approximate surface area is 182 Å². The van der Waals surface area contributed by atoms with E-state index in [0.29, 0.717) is 13.0 Å². The van der Waals surface area contributed by atoms with E-state index in [1.807, 2.05) is 0 Å². The third-order valence-corrected chi connectivity index (χ3v) is 5.82. The molecule has 0 aromatic carbocycles. The van der Waals surface area contributed by atoms with Crippen LogP contribution in [0.1, 0.15) is 149 Å². The standard InChI is InChI=1S/C26H52O3/c1-3-5-7-9-16-20-24-29-26(28)23-19-15-13-11-10-12-14-18-22-25(27)21-17-8-6-4-2/h25,27H,3-24H2,1-2H3. The summed E-state index contributed by atoms with van der Waals surface area (Å²) in [5.74, 6) is -0.00758. The molecule has 0 spiro atoms. The van der Waals surface area contributed by atoms with Gasteiger partial charge < -0.3 is 9.84 Å². The minimum absolute atomic E-state index is 0.00758. The fourth-order valence-corrected chi connectivity index (χ4v) is 3.80. The van der Waals surface area contributed by atoms with Gasteiger partial charge in [-0.25, -0.2) is 0 Å². The molecule has 0 aliphatic carbocycles. The summed E-state index contributed by atoms with van der Waals surface area (Å²) in [5.41, 5.74) is 0. The lowest BCUT2D eigenvalue weighted by molar-refractivity contribution is -0.143. The first-order chi connectivity index (χ1) is 14.2. The summed E-state index contributed by atoms with van der Waals surface area (Å²) in [7, 11) is 0. The zero-order valence-corrected chi connectivity index (χ0v) is 19.9. The van der Waals surface area contributed by atoms with Gasteiger partial charge in [-0.3, -0.25) is 4.79 Å². The molecule has 0 fully saturated rings. The van der Waals surface area contributed by atoms with E-state index in [2.05, 4.69) is 13.8 Å². The molecule has 0 aromatic heterocycles. The van der Waals surface area contributed by atoms with Gasteiger partial charge in [-0.1, -0.05) is 117 Å². The van der Waals surface area contributed by atoms with Gasteiger partial charge in [0.05, 0.1) is 12.7 Å². The second kappa shape index (κ2) is 23.7. The van der Waals surface area contributed by atoms with Crippen molar-refractivity contribution in [3.63, 3.8) is 0 Å². The monoisotopic (exact) mass is 412 g/mol. The minimum atomic E-state index is -0.0762. The molecular formula is C26H52O3. The molecule has 0 rings (SSSR count). The van der Waals surface area contributed by atoms with Crippen LogP contribution in [0.2, 0.25) is 0 Å². The van der Waals surface area contributed by atoms with Crippen molar-refractivity contribution < 1.29 is 14.6 Å². The molecule has 0 bridgehead atoms.